The summed E-state index contributed by atoms with van der Waals surface area (Å²) in [4.78, 5) is 22.2. The zero-order chi connectivity index (χ0) is 12.3. The summed E-state index contributed by atoms with van der Waals surface area (Å²) in [5.41, 5.74) is -0.736. The van der Waals surface area contributed by atoms with Gasteiger partial charge in [-0.05, 0) is 6.07 Å². The quantitative estimate of drug-likeness (QED) is 0.778. The van der Waals surface area contributed by atoms with Crippen molar-refractivity contribution in [1.82, 2.24) is 4.57 Å². The molecule has 7 heteroatoms. The second-order valence-electron chi connectivity index (χ2n) is 3.34. The van der Waals surface area contributed by atoms with Crippen molar-refractivity contribution in [3.63, 3.8) is 0 Å². The molecule has 0 radical (unpaired) electrons. The number of carboxylic acid groups (broad SMARTS) is 1. The predicted molar refractivity (Wildman–Crippen MR) is 57.4 cm³/mol. The zero-order valence-corrected chi connectivity index (χ0v) is 9.40. The van der Waals surface area contributed by atoms with Crippen LogP contribution in [0.1, 0.15) is 10.5 Å². The average molecular weight is 245 g/mol. The molecule has 1 N–H and O–H groups in total. The van der Waals surface area contributed by atoms with Gasteiger partial charge in [-0.15, -0.1) is 0 Å². The first kappa shape index (κ1) is 12.4. The van der Waals surface area contributed by atoms with E-state index in [0.717, 1.165) is 10.8 Å². The van der Waals surface area contributed by atoms with Gasteiger partial charge >= 0.3 is 5.97 Å². The van der Waals surface area contributed by atoms with E-state index < -0.39 is 21.4 Å². The highest BCUT2D eigenvalue weighted by Crippen LogP contribution is 1.97. The molecule has 0 aliphatic carbocycles. The summed E-state index contributed by atoms with van der Waals surface area (Å²) >= 11 is 0. The Morgan fingerprint density at radius 2 is 2.06 bits per heavy atom. The summed E-state index contributed by atoms with van der Waals surface area (Å²) in [6, 6.07) is 3.77. The van der Waals surface area contributed by atoms with Gasteiger partial charge in [0.1, 0.15) is 15.5 Å². The number of nitrogens with zero attached hydrogens (tertiary/aromatic N) is 1. The molecule has 0 saturated heterocycles. The van der Waals surface area contributed by atoms with E-state index in [1.54, 1.807) is 0 Å². The van der Waals surface area contributed by atoms with Crippen LogP contribution in [0.3, 0.4) is 0 Å². The van der Waals surface area contributed by atoms with E-state index in [9.17, 15) is 18.0 Å². The number of rotatable bonds is 4. The average Bonchev–Trinajstić information content (AvgIpc) is 2.13. The maximum Gasteiger partial charge on any atom is 0.352 e. The molecule has 0 aliphatic rings. The van der Waals surface area contributed by atoms with Crippen LogP contribution in [0.25, 0.3) is 0 Å². The predicted octanol–water partition coefficient (Wildman–Crippen LogP) is -0.409. The maximum absolute atomic E-state index is 11.4. The number of pyridine rings is 1. The largest absolute Gasteiger partial charge is 0.477 e. The first-order valence-corrected chi connectivity index (χ1v) is 6.48. The summed E-state index contributed by atoms with van der Waals surface area (Å²) in [6.07, 6.45) is 1.03. The summed E-state index contributed by atoms with van der Waals surface area (Å²) in [7, 11) is -3.23. The van der Waals surface area contributed by atoms with E-state index in [1.807, 2.05) is 0 Å². The Balaban J connectivity index is 3.12. The van der Waals surface area contributed by atoms with Crippen LogP contribution >= 0.6 is 0 Å². The number of carbonyl (C=O) groups is 1. The van der Waals surface area contributed by atoms with Crippen LogP contribution in [-0.4, -0.2) is 36.1 Å². The minimum Gasteiger partial charge on any atom is -0.477 e. The minimum absolute atomic E-state index is 0.153. The molecule has 0 spiro atoms. The molecule has 1 heterocycles. The molecule has 16 heavy (non-hydrogen) atoms. The number of hydrogen-bond acceptors (Lipinski definition) is 4. The van der Waals surface area contributed by atoms with Crippen molar-refractivity contribution < 1.29 is 18.3 Å². The van der Waals surface area contributed by atoms with E-state index in [2.05, 4.69) is 0 Å². The van der Waals surface area contributed by atoms with Gasteiger partial charge in [0, 0.05) is 18.9 Å². The third-order valence-electron chi connectivity index (χ3n) is 1.95. The number of aromatic nitrogens is 1. The first-order valence-electron chi connectivity index (χ1n) is 4.42. The van der Waals surface area contributed by atoms with E-state index in [4.69, 9.17) is 5.11 Å². The highest BCUT2D eigenvalue weighted by Gasteiger charge is 2.12. The van der Waals surface area contributed by atoms with E-state index in [0.29, 0.717) is 0 Å². The zero-order valence-electron chi connectivity index (χ0n) is 8.58. The SMILES string of the molecule is CS(=O)(=O)CCn1c(C(=O)O)cccc1=O. The molecule has 0 unspecified atom stereocenters. The molecule has 6 nitrogen and oxygen atoms in total. The molecule has 0 fully saturated rings. The summed E-state index contributed by atoms with van der Waals surface area (Å²) in [5.74, 6) is -1.52. The van der Waals surface area contributed by atoms with Crippen LogP contribution in [0.15, 0.2) is 23.0 Å². The molecule has 0 bridgehead atoms. The standard InChI is InChI=1S/C9H11NO5S/c1-16(14,15)6-5-10-7(9(12)13)3-2-4-8(10)11/h2-4H,5-6H2,1H3,(H,12,13). The van der Waals surface area contributed by atoms with E-state index >= 15 is 0 Å². The van der Waals surface area contributed by atoms with Crippen LogP contribution in [0.4, 0.5) is 0 Å². The van der Waals surface area contributed by atoms with Crippen LogP contribution < -0.4 is 5.56 Å². The fourth-order valence-corrected chi connectivity index (χ4v) is 1.71. The lowest BCUT2D eigenvalue weighted by atomic mass is 10.3. The van der Waals surface area contributed by atoms with Gasteiger partial charge in [0.25, 0.3) is 5.56 Å². The lowest BCUT2D eigenvalue weighted by Gasteiger charge is -2.08. The molecule has 88 valence electrons. The van der Waals surface area contributed by atoms with Crippen molar-refractivity contribution in [2.24, 2.45) is 0 Å². The van der Waals surface area contributed by atoms with Gasteiger partial charge in [0.15, 0.2) is 0 Å². The number of carboxylic acids is 1. The van der Waals surface area contributed by atoms with Crippen molar-refractivity contribution in [2.45, 2.75) is 6.54 Å². The smallest absolute Gasteiger partial charge is 0.352 e. The number of sulfone groups is 1. The Labute approximate surface area is 92.1 Å². The Hall–Kier alpha value is -1.63. The monoisotopic (exact) mass is 245 g/mol. The number of hydrogen-bond donors (Lipinski definition) is 1. The second-order valence-corrected chi connectivity index (χ2v) is 5.60. The maximum atomic E-state index is 11.4. The van der Waals surface area contributed by atoms with Crippen molar-refractivity contribution in [2.75, 3.05) is 12.0 Å². The van der Waals surface area contributed by atoms with Gasteiger partial charge in [-0.1, -0.05) is 6.07 Å². The lowest BCUT2D eigenvalue weighted by Crippen LogP contribution is -2.27. The molecule has 1 rings (SSSR count). The Morgan fingerprint density at radius 1 is 1.44 bits per heavy atom. The molecular formula is C9H11NO5S. The normalized spacial score (nSPS) is 11.3. The summed E-state index contributed by atoms with van der Waals surface area (Å²) in [6.45, 7) is -0.153. The third kappa shape index (κ3) is 3.20. The van der Waals surface area contributed by atoms with Gasteiger partial charge < -0.3 is 9.67 Å². The highest BCUT2D eigenvalue weighted by molar-refractivity contribution is 7.90. The summed E-state index contributed by atoms with van der Waals surface area (Å²) < 4.78 is 22.8. The molecule has 1 aromatic rings. The number of aromatic carboxylic acids is 1. The van der Waals surface area contributed by atoms with Gasteiger partial charge in [0.05, 0.1) is 5.75 Å². The molecule has 0 atom stereocenters. The molecule has 0 saturated carbocycles. The summed E-state index contributed by atoms with van der Waals surface area (Å²) in [5, 5.41) is 8.81. The van der Waals surface area contributed by atoms with Gasteiger partial charge in [-0.25, -0.2) is 13.2 Å². The highest BCUT2D eigenvalue weighted by atomic mass is 32.2. The van der Waals surface area contributed by atoms with Crippen molar-refractivity contribution in [1.29, 1.82) is 0 Å². The fourth-order valence-electron chi connectivity index (χ4n) is 1.19. The molecule has 0 aromatic carbocycles. The van der Waals surface area contributed by atoms with Crippen molar-refractivity contribution in [3.8, 4) is 0 Å². The van der Waals surface area contributed by atoms with Crippen LogP contribution in [-0.2, 0) is 16.4 Å². The van der Waals surface area contributed by atoms with Crippen molar-refractivity contribution >= 4 is 15.8 Å². The second kappa shape index (κ2) is 4.48. The minimum atomic E-state index is -3.23. The lowest BCUT2D eigenvalue weighted by molar-refractivity contribution is 0.0683. The third-order valence-corrected chi connectivity index (χ3v) is 2.88. The van der Waals surface area contributed by atoms with E-state index in [1.165, 1.54) is 18.2 Å². The topological polar surface area (TPSA) is 93.4 Å². The van der Waals surface area contributed by atoms with Gasteiger partial charge in [0.2, 0.25) is 0 Å². The Morgan fingerprint density at radius 3 is 2.56 bits per heavy atom. The molecule has 0 amide bonds. The molecule has 1 aromatic heterocycles. The van der Waals surface area contributed by atoms with Crippen LogP contribution in [0.5, 0.6) is 0 Å². The molecular weight excluding hydrogens is 234 g/mol. The van der Waals surface area contributed by atoms with Gasteiger partial charge in [-0.3, -0.25) is 4.79 Å². The van der Waals surface area contributed by atoms with E-state index in [-0.39, 0.29) is 18.0 Å². The Kier molecular flexibility index (Phi) is 3.48. The van der Waals surface area contributed by atoms with Crippen LogP contribution in [0, 0.1) is 0 Å². The molecule has 0 aliphatic heterocycles. The van der Waals surface area contributed by atoms with Gasteiger partial charge in [-0.2, -0.15) is 0 Å². The fraction of sp³-hybridized carbons (Fsp3) is 0.333. The van der Waals surface area contributed by atoms with Crippen molar-refractivity contribution in [3.05, 3.63) is 34.2 Å². The Bertz CT molecular complexity index is 558. The van der Waals surface area contributed by atoms with Crippen LogP contribution in [0.2, 0.25) is 0 Å². The first-order chi connectivity index (χ1) is 7.31.